The molecule has 0 saturated heterocycles. The van der Waals surface area contributed by atoms with Gasteiger partial charge in [-0.1, -0.05) is 0 Å². The minimum absolute atomic E-state index is 0. The molecule has 0 aliphatic heterocycles. The number of hydrogen-bond donors (Lipinski definition) is 0. The summed E-state index contributed by atoms with van der Waals surface area (Å²) in [6.45, 7) is 21.0. The molecule has 186 valence electrons. The fourth-order valence-corrected chi connectivity index (χ4v) is 18.5. The van der Waals surface area contributed by atoms with Crippen molar-refractivity contribution in [1.29, 1.82) is 0 Å². The van der Waals surface area contributed by atoms with E-state index < -0.39 is 34.0 Å². The second-order valence-corrected chi connectivity index (χ2v) is 48.7. The molecule has 0 unspecified atom stereocenters. The van der Waals surface area contributed by atoms with Crippen molar-refractivity contribution in [2.45, 2.75) is 75.2 Å². The number of rotatable bonds is 10. The molecule has 0 atom stereocenters. The Kier molecular flexibility index (Phi) is 11.4. The molecule has 10 heteroatoms. The molecule has 0 aromatic carbocycles. The van der Waals surface area contributed by atoms with Crippen LogP contribution in [0.25, 0.3) is 0 Å². The van der Waals surface area contributed by atoms with Gasteiger partial charge in [0, 0.05) is 0 Å². The maximum absolute atomic E-state index is 6.43. The number of allylic oxidation sites excluding steroid dienone is 4. The van der Waals surface area contributed by atoms with E-state index in [1.807, 2.05) is 0 Å². The van der Waals surface area contributed by atoms with Crippen molar-refractivity contribution < 1.29 is 35.7 Å². The third-order valence-corrected chi connectivity index (χ3v) is 23.7. The van der Waals surface area contributed by atoms with Crippen molar-refractivity contribution in [3.05, 3.63) is 41.8 Å². The largest absolute Gasteiger partial charge is 0.147 e. The maximum Gasteiger partial charge on any atom is -0.147 e. The molecule has 0 N–H and O–H groups in total. The molecule has 0 amide bonds. The van der Waals surface area contributed by atoms with Crippen LogP contribution >= 0.6 is 24.8 Å². The van der Waals surface area contributed by atoms with E-state index in [-0.39, 0.29) is 24.8 Å². The van der Waals surface area contributed by atoms with Gasteiger partial charge in [-0.15, -0.1) is 24.8 Å². The van der Waals surface area contributed by atoms with Crippen molar-refractivity contribution in [3.63, 3.8) is 0 Å². The van der Waals surface area contributed by atoms with Gasteiger partial charge in [0.2, 0.25) is 0 Å². The van der Waals surface area contributed by atoms with Crippen LogP contribution in [-0.4, -0.2) is 36.7 Å². The molecule has 0 saturated carbocycles. The Balaban J connectivity index is 0.00000480. The molecule has 32 heavy (non-hydrogen) atoms. The van der Waals surface area contributed by atoms with E-state index in [1.54, 1.807) is 0 Å². The standard InChI is InChI=1S/2C10H17O2Si.2CH3.2ClH.H2Si.Zr/c2*1-5-11-9-7-6-8-10(9)12-13(2,3)4;;;;;;/h2*8H,5-6H2,1-4H3;2*1H3;2*1H;1H2;. The van der Waals surface area contributed by atoms with Crippen LogP contribution in [0.5, 0.6) is 0 Å². The van der Waals surface area contributed by atoms with Crippen LogP contribution < -0.4 is 0 Å². The zero-order valence-corrected chi connectivity index (χ0v) is 29.1. The van der Waals surface area contributed by atoms with Gasteiger partial charge >= 0.3 is 189 Å². The van der Waals surface area contributed by atoms with Crippen molar-refractivity contribution in [2.24, 2.45) is 0 Å². The van der Waals surface area contributed by atoms with E-state index in [9.17, 15) is 0 Å². The van der Waals surface area contributed by atoms with Crippen LogP contribution in [0.4, 0.5) is 0 Å². The molecule has 0 bridgehead atoms. The average molecular weight is 619 g/mol. The van der Waals surface area contributed by atoms with Crippen LogP contribution in [0.1, 0.15) is 26.7 Å². The normalized spacial score (nSPS) is 17.3. The fourth-order valence-electron chi connectivity index (χ4n) is 4.06. The molecule has 0 fully saturated rings. The van der Waals surface area contributed by atoms with Gasteiger partial charge in [0.15, 0.2) is 0 Å². The van der Waals surface area contributed by atoms with Crippen LogP contribution in [0.15, 0.2) is 41.8 Å². The second-order valence-electron chi connectivity index (χ2n) is 11.1. The zero-order valence-electron chi connectivity index (χ0n) is 21.6. The SMILES string of the molecule is CCOC1=[C]([Zr]([CH3])([CH3])(=[SiH2])[C]2=C(OCC)C(O[Si](C)(C)C)=CC2)CC=C1O[Si](C)(C)C.Cl.Cl. The predicted octanol–water partition coefficient (Wildman–Crippen LogP) is 6.94. The van der Waals surface area contributed by atoms with E-state index in [2.05, 4.69) is 81.4 Å². The topological polar surface area (TPSA) is 36.9 Å². The summed E-state index contributed by atoms with van der Waals surface area (Å²) in [5.74, 6) is 3.94. The van der Waals surface area contributed by atoms with Crippen molar-refractivity contribution in [3.8, 4) is 0 Å². The summed E-state index contributed by atoms with van der Waals surface area (Å²) in [4.78, 5) is 0. The number of ether oxygens (including phenoxy) is 2. The third kappa shape index (κ3) is 7.64. The Bertz CT molecular complexity index is 822. The molecule has 2 aliphatic carbocycles. The average Bonchev–Trinajstić information content (AvgIpc) is 3.11. The van der Waals surface area contributed by atoms with E-state index in [0.717, 1.165) is 35.9 Å². The molecular formula is C22H44Cl2O4Si3Zr. The van der Waals surface area contributed by atoms with Gasteiger partial charge in [0.25, 0.3) is 0 Å². The second kappa shape index (κ2) is 11.3. The quantitative estimate of drug-likeness (QED) is 0.249. The smallest absolute Gasteiger partial charge is 0.147 e. The predicted molar refractivity (Wildman–Crippen MR) is 146 cm³/mol. The van der Waals surface area contributed by atoms with Crippen molar-refractivity contribution >= 4 is 48.3 Å². The zero-order chi connectivity index (χ0) is 23.0. The number of halogens is 2. The Hall–Kier alpha value is 0.274. The first-order chi connectivity index (χ1) is 13.6. The molecule has 2 aliphatic rings. The molecule has 2 rings (SSSR count). The van der Waals surface area contributed by atoms with E-state index in [4.69, 9.17) is 18.3 Å². The Morgan fingerprint density at radius 3 is 1.31 bits per heavy atom. The maximum atomic E-state index is 6.43. The van der Waals surface area contributed by atoms with Crippen LogP contribution in [0.3, 0.4) is 0 Å². The Morgan fingerprint density at radius 1 is 0.750 bits per heavy atom. The summed E-state index contributed by atoms with van der Waals surface area (Å²) in [5.41, 5.74) is 0. The molecule has 0 spiro atoms. The first kappa shape index (κ1) is 32.3. The van der Waals surface area contributed by atoms with Crippen molar-refractivity contribution in [1.82, 2.24) is 0 Å². The van der Waals surface area contributed by atoms with Gasteiger partial charge < -0.3 is 0 Å². The minimum Gasteiger partial charge on any atom is -0.147 e. The van der Waals surface area contributed by atoms with Gasteiger partial charge in [-0.25, -0.2) is 0 Å². The van der Waals surface area contributed by atoms with E-state index in [1.165, 1.54) is 6.56 Å². The number of hydrogen-bond acceptors (Lipinski definition) is 4. The van der Waals surface area contributed by atoms with Gasteiger partial charge in [-0.3, -0.25) is 0 Å². The fraction of sp³-hybridized carbons (Fsp3) is 0.636. The summed E-state index contributed by atoms with van der Waals surface area (Å²) >= 11 is -3.56. The molecule has 0 heterocycles. The Labute approximate surface area is 212 Å². The molecular weight excluding hydrogens is 575 g/mol. The van der Waals surface area contributed by atoms with E-state index >= 15 is 0 Å². The minimum atomic E-state index is -3.56. The first-order valence-corrected chi connectivity index (χ1v) is 31.3. The monoisotopic (exact) mass is 616 g/mol. The van der Waals surface area contributed by atoms with Gasteiger partial charge in [0.05, 0.1) is 0 Å². The van der Waals surface area contributed by atoms with Crippen LogP contribution in [0, 0.1) is 0 Å². The summed E-state index contributed by atoms with van der Waals surface area (Å²) in [6.07, 6.45) is 6.33. The molecule has 4 nitrogen and oxygen atoms in total. The first-order valence-electron chi connectivity index (χ1n) is 11.2. The molecule has 0 aromatic heterocycles. The van der Waals surface area contributed by atoms with Crippen LogP contribution in [0.2, 0.25) is 48.5 Å². The summed E-state index contributed by atoms with van der Waals surface area (Å²) in [5, 5.41) is 0. The summed E-state index contributed by atoms with van der Waals surface area (Å²) in [6, 6.07) is 0. The third-order valence-electron chi connectivity index (χ3n) is 5.32. The van der Waals surface area contributed by atoms with Crippen LogP contribution in [-0.2, 0) is 35.7 Å². The molecule has 0 aromatic rings. The van der Waals surface area contributed by atoms with Crippen molar-refractivity contribution in [2.75, 3.05) is 13.2 Å². The van der Waals surface area contributed by atoms with Gasteiger partial charge in [-0.05, 0) is 0 Å². The molecule has 0 radical (unpaired) electrons. The van der Waals surface area contributed by atoms with E-state index in [0.29, 0.717) is 13.2 Å². The van der Waals surface area contributed by atoms with Gasteiger partial charge in [0.1, 0.15) is 0 Å². The van der Waals surface area contributed by atoms with Gasteiger partial charge in [-0.2, -0.15) is 0 Å². The Morgan fingerprint density at radius 2 is 1.06 bits per heavy atom. The summed E-state index contributed by atoms with van der Waals surface area (Å²) in [7, 11) is -3.44. The summed E-state index contributed by atoms with van der Waals surface area (Å²) < 4.78 is 33.3.